The number of rotatable bonds is 3. The fourth-order valence-electron chi connectivity index (χ4n) is 1.72. The highest BCUT2D eigenvalue weighted by Crippen LogP contribution is 2.44. The first kappa shape index (κ1) is 9.96. The Hall–Kier alpha value is -1.58. The number of amides is 1. The maximum atomic E-state index is 13.9. The minimum absolute atomic E-state index is 0.127. The average Bonchev–Trinajstić information content (AvgIpc) is 3.00. The van der Waals surface area contributed by atoms with Crippen molar-refractivity contribution in [1.29, 1.82) is 0 Å². The second-order valence-corrected chi connectivity index (χ2v) is 3.68. The van der Waals surface area contributed by atoms with Crippen LogP contribution in [0.15, 0.2) is 12.1 Å². The highest BCUT2D eigenvalue weighted by atomic mass is 19.1. The summed E-state index contributed by atoms with van der Waals surface area (Å²) in [6.07, 6.45) is 1.81. The topological polar surface area (TPSA) is 52.3 Å². The van der Waals surface area contributed by atoms with E-state index in [1.54, 1.807) is 0 Å². The molecule has 0 aromatic heterocycles. The third kappa shape index (κ3) is 1.67. The molecule has 2 N–H and O–H groups in total. The molecular formula is C11H12FNO2. The average molecular weight is 209 g/mol. The minimum atomic E-state index is -0.585. The zero-order valence-corrected chi connectivity index (χ0v) is 8.42. The van der Waals surface area contributed by atoms with Gasteiger partial charge < -0.3 is 10.5 Å². The molecule has 1 aromatic carbocycles. The van der Waals surface area contributed by atoms with Gasteiger partial charge in [0.1, 0.15) is 0 Å². The van der Waals surface area contributed by atoms with E-state index in [1.807, 2.05) is 0 Å². The van der Waals surface area contributed by atoms with E-state index >= 15 is 0 Å². The van der Waals surface area contributed by atoms with E-state index in [4.69, 9.17) is 10.5 Å². The van der Waals surface area contributed by atoms with Gasteiger partial charge in [-0.05, 0) is 30.9 Å². The number of carbonyl (C=O) groups excluding carboxylic acids is 1. The lowest BCUT2D eigenvalue weighted by Crippen LogP contribution is -2.15. The molecule has 0 atom stereocenters. The number of halogens is 1. The largest absolute Gasteiger partial charge is 0.494 e. The highest BCUT2D eigenvalue weighted by Gasteiger charge is 2.32. The predicted molar refractivity (Wildman–Crippen MR) is 53.4 cm³/mol. The summed E-state index contributed by atoms with van der Waals surface area (Å²) in [5.41, 5.74) is 5.89. The molecule has 0 radical (unpaired) electrons. The van der Waals surface area contributed by atoms with Crippen molar-refractivity contribution in [1.82, 2.24) is 0 Å². The lowest BCUT2D eigenvalue weighted by molar-refractivity contribution is 0.0998. The summed E-state index contributed by atoms with van der Waals surface area (Å²) in [5.74, 6) is -0.737. The Morgan fingerprint density at radius 3 is 2.67 bits per heavy atom. The fraction of sp³-hybridized carbons (Fsp3) is 0.364. The van der Waals surface area contributed by atoms with Gasteiger partial charge in [-0.15, -0.1) is 0 Å². The lowest BCUT2D eigenvalue weighted by Gasteiger charge is -2.10. The molecular weight excluding hydrogens is 197 g/mol. The van der Waals surface area contributed by atoms with E-state index in [2.05, 4.69) is 0 Å². The molecule has 1 aliphatic carbocycles. The van der Waals surface area contributed by atoms with Crippen LogP contribution >= 0.6 is 0 Å². The Morgan fingerprint density at radius 2 is 2.20 bits per heavy atom. The van der Waals surface area contributed by atoms with Crippen LogP contribution < -0.4 is 10.5 Å². The Bertz CT molecular complexity index is 413. The number of ether oxygens (including phenoxy) is 1. The zero-order chi connectivity index (χ0) is 11.0. The number of hydrogen-bond donors (Lipinski definition) is 1. The van der Waals surface area contributed by atoms with Crippen LogP contribution in [-0.2, 0) is 0 Å². The third-order valence-electron chi connectivity index (χ3n) is 2.62. The van der Waals surface area contributed by atoms with Gasteiger partial charge in [0.25, 0.3) is 0 Å². The molecule has 1 aromatic rings. The van der Waals surface area contributed by atoms with E-state index in [0.717, 1.165) is 12.8 Å². The standard InChI is InChI=1S/C11H12FNO2/c1-15-8-5-4-7(11(13)14)9(10(8)12)6-2-3-6/h4-6H,2-3H2,1H3,(H2,13,14). The van der Waals surface area contributed by atoms with Crippen LogP contribution in [0, 0.1) is 5.82 Å². The molecule has 0 saturated heterocycles. The first-order valence-corrected chi connectivity index (χ1v) is 4.81. The predicted octanol–water partition coefficient (Wildman–Crippen LogP) is 1.81. The lowest BCUT2D eigenvalue weighted by atomic mass is 10.0. The molecule has 4 heteroatoms. The van der Waals surface area contributed by atoms with Gasteiger partial charge in [-0.25, -0.2) is 4.39 Å². The van der Waals surface area contributed by atoms with E-state index in [-0.39, 0.29) is 17.2 Å². The van der Waals surface area contributed by atoms with Crippen LogP contribution in [0.2, 0.25) is 0 Å². The SMILES string of the molecule is COc1ccc(C(N)=O)c(C2CC2)c1F. The van der Waals surface area contributed by atoms with Gasteiger partial charge in [-0.3, -0.25) is 4.79 Å². The molecule has 0 heterocycles. The fourth-order valence-corrected chi connectivity index (χ4v) is 1.72. The Kier molecular flexibility index (Phi) is 2.34. The number of methoxy groups -OCH3 is 1. The summed E-state index contributed by atoms with van der Waals surface area (Å²) in [4.78, 5) is 11.1. The number of carbonyl (C=O) groups is 1. The Balaban J connectivity index is 2.57. The van der Waals surface area contributed by atoms with E-state index in [1.165, 1.54) is 19.2 Å². The maximum Gasteiger partial charge on any atom is 0.249 e. The second kappa shape index (κ2) is 3.53. The second-order valence-electron chi connectivity index (χ2n) is 3.68. The Morgan fingerprint density at radius 1 is 1.53 bits per heavy atom. The van der Waals surface area contributed by atoms with Gasteiger partial charge >= 0.3 is 0 Å². The third-order valence-corrected chi connectivity index (χ3v) is 2.62. The Labute approximate surface area is 87.0 Å². The molecule has 0 spiro atoms. The van der Waals surface area contributed by atoms with Crippen molar-refractivity contribution in [3.8, 4) is 5.75 Å². The number of primary amides is 1. The summed E-state index contributed by atoms with van der Waals surface area (Å²) >= 11 is 0. The summed E-state index contributed by atoms with van der Waals surface area (Å²) in [7, 11) is 1.40. The van der Waals surface area contributed by atoms with Crippen molar-refractivity contribution < 1.29 is 13.9 Å². The van der Waals surface area contributed by atoms with Crippen molar-refractivity contribution in [3.63, 3.8) is 0 Å². The molecule has 0 bridgehead atoms. The zero-order valence-electron chi connectivity index (χ0n) is 8.42. The number of benzene rings is 1. The smallest absolute Gasteiger partial charge is 0.249 e. The van der Waals surface area contributed by atoms with Gasteiger partial charge in [-0.1, -0.05) is 0 Å². The molecule has 0 aliphatic heterocycles. The maximum absolute atomic E-state index is 13.9. The number of nitrogens with two attached hydrogens (primary N) is 1. The highest BCUT2D eigenvalue weighted by molar-refractivity contribution is 5.95. The first-order chi connectivity index (χ1) is 7.15. The molecule has 15 heavy (non-hydrogen) atoms. The van der Waals surface area contributed by atoms with E-state index in [9.17, 15) is 9.18 Å². The van der Waals surface area contributed by atoms with Crippen LogP contribution in [0.5, 0.6) is 5.75 Å². The van der Waals surface area contributed by atoms with Crippen LogP contribution in [0.25, 0.3) is 0 Å². The molecule has 1 fully saturated rings. The summed E-state index contributed by atoms with van der Waals surface area (Å²) in [6.45, 7) is 0. The van der Waals surface area contributed by atoms with Crippen molar-refractivity contribution in [2.45, 2.75) is 18.8 Å². The van der Waals surface area contributed by atoms with Gasteiger partial charge in [-0.2, -0.15) is 0 Å². The van der Waals surface area contributed by atoms with Crippen LogP contribution in [0.1, 0.15) is 34.7 Å². The molecule has 1 aliphatic rings. The van der Waals surface area contributed by atoms with Crippen LogP contribution in [0.4, 0.5) is 4.39 Å². The van der Waals surface area contributed by atoms with E-state index in [0.29, 0.717) is 5.56 Å². The molecule has 3 nitrogen and oxygen atoms in total. The molecule has 1 amide bonds. The summed E-state index contributed by atoms with van der Waals surface area (Å²) < 4.78 is 18.7. The number of hydrogen-bond acceptors (Lipinski definition) is 2. The normalized spacial score (nSPS) is 15.1. The van der Waals surface area contributed by atoms with Crippen LogP contribution in [-0.4, -0.2) is 13.0 Å². The quantitative estimate of drug-likeness (QED) is 0.825. The minimum Gasteiger partial charge on any atom is -0.494 e. The first-order valence-electron chi connectivity index (χ1n) is 4.81. The molecule has 0 unspecified atom stereocenters. The molecule has 80 valence electrons. The van der Waals surface area contributed by atoms with Gasteiger partial charge in [0.05, 0.1) is 7.11 Å². The summed E-state index contributed by atoms with van der Waals surface area (Å²) in [6, 6.07) is 2.96. The van der Waals surface area contributed by atoms with Gasteiger partial charge in [0.15, 0.2) is 11.6 Å². The van der Waals surface area contributed by atoms with Crippen molar-refractivity contribution >= 4 is 5.91 Å². The van der Waals surface area contributed by atoms with Crippen molar-refractivity contribution in [2.75, 3.05) is 7.11 Å². The monoisotopic (exact) mass is 209 g/mol. The van der Waals surface area contributed by atoms with Crippen LogP contribution in [0.3, 0.4) is 0 Å². The van der Waals surface area contributed by atoms with Gasteiger partial charge in [0.2, 0.25) is 5.91 Å². The molecule has 1 saturated carbocycles. The van der Waals surface area contributed by atoms with Crippen molar-refractivity contribution in [2.24, 2.45) is 5.73 Å². The van der Waals surface area contributed by atoms with E-state index < -0.39 is 11.7 Å². The van der Waals surface area contributed by atoms with Gasteiger partial charge in [0, 0.05) is 11.1 Å². The molecule has 2 rings (SSSR count). The summed E-state index contributed by atoms with van der Waals surface area (Å²) in [5, 5.41) is 0. The van der Waals surface area contributed by atoms with Crippen molar-refractivity contribution in [3.05, 3.63) is 29.1 Å².